The van der Waals surface area contributed by atoms with Crippen molar-refractivity contribution in [2.24, 2.45) is 0 Å². The van der Waals surface area contributed by atoms with Crippen LogP contribution in [-0.4, -0.2) is 26.7 Å². The van der Waals surface area contributed by atoms with E-state index in [9.17, 15) is 8.78 Å². The Bertz CT molecular complexity index is 908. The van der Waals surface area contributed by atoms with Gasteiger partial charge in [0.1, 0.15) is 17.5 Å². The van der Waals surface area contributed by atoms with Crippen LogP contribution in [0.2, 0.25) is 0 Å². The number of imidazole rings is 1. The topological polar surface area (TPSA) is 53.6 Å². The first kappa shape index (κ1) is 18.4. The van der Waals surface area contributed by atoms with Crippen LogP contribution in [0.25, 0.3) is 22.5 Å². The van der Waals surface area contributed by atoms with Crippen LogP contribution in [0, 0.1) is 11.6 Å². The molecule has 0 radical (unpaired) electrons. The third kappa shape index (κ3) is 4.04. The predicted molar refractivity (Wildman–Crippen MR) is 102 cm³/mol. The SMILES string of the molecule is CCSc1nc(-c2ccnc(NC(C)C)c2)c(-c2ccc(F)cc2F)[nH]1. The van der Waals surface area contributed by atoms with Gasteiger partial charge in [-0.3, -0.25) is 0 Å². The largest absolute Gasteiger partial charge is 0.368 e. The summed E-state index contributed by atoms with van der Waals surface area (Å²) >= 11 is 1.53. The normalized spacial score (nSPS) is 11.2. The number of nitrogens with zero attached hydrogens (tertiary/aromatic N) is 2. The van der Waals surface area contributed by atoms with Gasteiger partial charge < -0.3 is 10.3 Å². The van der Waals surface area contributed by atoms with Crippen LogP contribution < -0.4 is 5.32 Å². The highest BCUT2D eigenvalue weighted by Crippen LogP contribution is 2.34. The molecule has 7 heteroatoms. The summed E-state index contributed by atoms with van der Waals surface area (Å²) in [4.78, 5) is 12.1. The van der Waals surface area contributed by atoms with E-state index in [0.717, 1.165) is 23.2 Å². The fourth-order valence-electron chi connectivity index (χ4n) is 2.61. The quantitative estimate of drug-likeness (QED) is 0.571. The van der Waals surface area contributed by atoms with Gasteiger partial charge in [0, 0.05) is 29.4 Å². The molecule has 0 aliphatic rings. The summed E-state index contributed by atoms with van der Waals surface area (Å²) < 4.78 is 27.7. The summed E-state index contributed by atoms with van der Waals surface area (Å²) in [6.07, 6.45) is 1.69. The maximum absolute atomic E-state index is 14.4. The minimum atomic E-state index is -0.627. The molecular formula is C19H20F2N4S. The Morgan fingerprint density at radius 1 is 1.19 bits per heavy atom. The van der Waals surface area contributed by atoms with E-state index in [0.29, 0.717) is 16.5 Å². The van der Waals surface area contributed by atoms with Gasteiger partial charge >= 0.3 is 0 Å². The molecule has 0 saturated carbocycles. The highest BCUT2D eigenvalue weighted by atomic mass is 32.2. The van der Waals surface area contributed by atoms with Gasteiger partial charge in [-0.25, -0.2) is 18.7 Å². The first-order chi connectivity index (χ1) is 12.5. The summed E-state index contributed by atoms with van der Waals surface area (Å²) in [5.74, 6) is 0.311. The average Bonchev–Trinajstić information content (AvgIpc) is 2.98. The van der Waals surface area contributed by atoms with Crippen LogP contribution in [0.1, 0.15) is 20.8 Å². The minimum Gasteiger partial charge on any atom is -0.368 e. The summed E-state index contributed by atoms with van der Waals surface area (Å²) in [6.45, 7) is 6.07. The van der Waals surface area contributed by atoms with Crippen molar-refractivity contribution < 1.29 is 8.78 Å². The summed E-state index contributed by atoms with van der Waals surface area (Å²) in [5, 5.41) is 3.94. The van der Waals surface area contributed by atoms with E-state index in [-0.39, 0.29) is 11.6 Å². The van der Waals surface area contributed by atoms with E-state index < -0.39 is 11.6 Å². The van der Waals surface area contributed by atoms with Crippen LogP contribution in [0.4, 0.5) is 14.6 Å². The van der Waals surface area contributed by atoms with Crippen molar-refractivity contribution >= 4 is 17.6 Å². The lowest BCUT2D eigenvalue weighted by Gasteiger charge is -2.10. The monoisotopic (exact) mass is 374 g/mol. The van der Waals surface area contributed by atoms with Gasteiger partial charge in [0.25, 0.3) is 0 Å². The first-order valence-electron chi connectivity index (χ1n) is 8.39. The van der Waals surface area contributed by atoms with Crippen molar-refractivity contribution in [3.8, 4) is 22.5 Å². The number of rotatable bonds is 6. The number of H-pyrrole nitrogens is 1. The van der Waals surface area contributed by atoms with E-state index in [1.165, 1.54) is 23.9 Å². The number of aromatic nitrogens is 3. The average molecular weight is 374 g/mol. The zero-order valence-corrected chi connectivity index (χ0v) is 15.6. The zero-order valence-electron chi connectivity index (χ0n) is 14.8. The van der Waals surface area contributed by atoms with Gasteiger partial charge in [-0.2, -0.15) is 0 Å². The molecule has 3 rings (SSSR count). The van der Waals surface area contributed by atoms with Crippen molar-refractivity contribution in [3.05, 3.63) is 48.2 Å². The Labute approximate surface area is 155 Å². The molecule has 2 aromatic heterocycles. The van der Waals surface area contributed by atoms with E-state index in [4.69, 9.17) is 0 Å². The summed E-state index contributed by atoms with van der Waals surface area (Å²) in [7, 11) is 0. The van der Waals surface area contributed by atoms with E-state index in [2.05, 4.69) is 20.3 Å². The second-order valence-corrected chi connectivity index (χ2v) is 7.30. The van der Waals surface area contributed by atoms with Crippen molar-refractivity contribution in [1.82, 2.24) is 15.0 Å². The first-order valence-corrected chi connectivity index (χ1v) is 9.37. The Kier molecular flexibility index (Phi) is 5.56. The van der Waals surface area contributed by atoms with Crippen LogP contribution in [0.5, 0.6) is 0 Å². The van der Waals surface area contributed by atoms with Gasteiger partial charge in [-0.1, -0.05) is 18.7 Å². The number of hydrogen-bond acceptors (Lipinski definition) is 4. The maximum atomic E-state index is 14.4. The number of anilines is 1. The molecule has 0 aliphatic heterocycles. The molecule has 0 amide bonds. The van der Waals surface area contributed by atoms with E-state index >= 15 is 0 Å². The molecule has 4 nitrogen and oxygen atoms in total. The van der Waals surface area contributed by atoms with Gasteiger partial charge in [0.05, 0.1) is 11.4 Å². The molecule has 0 aliphatic carbocycles. The van der Waals surface area contributed by atoms with Gasteiger partial charge in [0.15, 0.2) is 5.16 Å². The van der Waals surface area contributed by atoms with Crippen LogP contribution in [-0.2, 0) is 0 Å². The number of pyridine rings is 1. The number of nitrogens with one attached hydrogen (secondary N) is 2. The predicted octanol–water partition coefficient (Wildman–Crippen LogP) is 5.35. The minimum absolute atomic E-state index is 0.233. The molecule has 0 atom stereocenters. The Hall–Kier alpha value is -2.41. The lowest BCUT2D eigenvalue weighted by molar-refractivity contribution is 0.585. The lowest BCUT2D eigenvalue weighted by atomic mass is 10.1. The molecular weight excluding hydrogens is 354 g/mol. The fourth-order valence-corrected chi connectivity index (χ4v) is 3.21. The number of hydrogen-bond donors (Lipinski definition) is 2. The van der Waals surface area contributed by atoms with Crippen molar-refractivity contribution in [2.75, 3.05) is 11.1 Å². The van der Waals surface area contributed by atoms with Crippen molar-refractivity contribution in [2.45, 2.75) is 32.0 Å². The smallest absolute Gasteiger partial charge is 0.166 e. The number of benzene rings is 1. The molecule has 1 aromatic carbocycles. The molecule has 26 heavy (non-hydrogen) atoms. The molecule has 136 valence electrons. The molecule has 0 bridgehead atoms. The fraction of sp³-hybridized carbons (Fsp3) is 0.263. The third-order valence-electron chi connectivity index (χ3n) is 3.63. The maximum Gasteiger partial charge on any atom is 0.166 e. The van der Waals surface area contributed by atoms with Gasteiger partial charge in [-0.15, -0.1) is 0 Å². The number of aromatic amines is 1. The van der Waals surface area contributed by atoms with E-state index in [1.54, 1.807) is 6.20 Å². The Morgan fingerprint density at radius 2 is 2.00 bits per heavy atom. The summed E-state index contributed by atoms with van der Waals surface area (Å²) in [5.41, 5.74) is 2.23. The molecule has 2 heterocycles. The summed E-state index contributed by atoms with van der Waals surface area (Å²) in [6, 6.07) is 7.49. The Morgan fingerprint density at radius 3 is 2.69 bits per heavy atom. The molecule has 3 aromatic rings. The highest BCUT2D eigenvalue weighted by Gasteiger charge is 2.18. The van der Waals surface area contributed by atoms with Gasteiger partial charge in [0.2, 0.25) is 0 Å². The standard InChI is InChI=1S/C19H20F2N4S/c1-4-26-19-24-17(12-7-8-22-16(9-12)23-11(2)3)18(25-19)14-6-5-13(20)10-15(14)21/h5-11H,4H2,1-3H3,(H,22,23)(H,24,25). The molecule has 0 unspecified atom stereocenters. The van der Waals surface area contributed by atoms with Crippen LogP contribution >= 0.6 is 11.8 Å². The molecule has 0 saturated heterocycles. The second kappa shape index (κ2) is 7.86. The number of thioether (sulfide) groups is 1. The van der Waals surface area contributed by atoms with Crippen LogP contribution in [0.15, 0.2) is 41.7 Å². The molecule has 2 N–H and O–H groups in total. The van der Waals surface area contributed by atoms with E-state index in [1.807, 2.05) is 32.9 Å². The molecule has 0 fully saturated rings. The van der Waals surface area contributed by atoms with Crippen molar-refractivity contribution in [3.63, 3.8) is 0 Å². The lowest BCUT2D eigenvalue weighted by Crippen LogP contribution is -2.10. The zero-order chi connectivity index (χ0) is 18.7. The number of halogens is 2. The third-order valence-corrected chi connectivity index (χ3v) is 4.39. The van der Waals surface area contributed by atoms with Crippen molar-refractivity contribution in [1.29, 1.82) is 0 Å². The van der Waals surface area contributed by atoms with Gasteiger partial charge in [-0.05, 0) is 43.9 Å². The molecule has 0 spiro atoms. The Balaban J connectivity index is 2.11. The second-order valence-electron chi connectivity index (χ2n) is 6.05. The van der Waals surface area contributed by atoms with Crippen LogP contribution in [0.3, 0.4) is 0 Å². The highest BCUT2D eigenvalue weighted by molar-refractivity contribution is 7.99.